The summed E-state index contributed by atoms with van der Waals surface area (Å²) in [6.45, 7) is 5.57. The average Bonchev–Trinajstić information content (AvgIpc) is 3.35. The van der Waals surface area contributed by atoms with E-state index in [0.29, 0.717) is 78.3 Å². The molecule has 0 bridgehead atoms. The van der Waals surface area contributed by atoms with Gasteiger partial charge in [0.1, 0.15) is 35.6 Å². The van der Waals surface area contributed by atoms with Gasteiger partial charge in [-0.15, -0.1) is 6.58 Å². The number of hydrogen-bond acceptors (Lipinski definition) is 16. The largest absolute Gasteiger partial charge is 0.497 e. The van der Waals surface area contributed by atoms with Gasteiger partial charge in [0.25, 0.3) is 5.69 Å². The molecule has 19 heteroatoms. The number of aliphatic hydroxyl groups excluding tert-OH is 3. The summed E-state index contributed by atoms with van der Waals surface area (Å²) in [4.78, 5) is 46.4. The molecule has 2 aliphatic carbocycles. The second kappa shape index (κ2) is 25.4. The number of nitrogens with zero attached hydrogens (tertiary/aromatic N) is 3. The molecule has 6 rings (SSSR count). The second-order valence-electron chi connectivity index (χ2n) is 16.8. The van der Waals surface area contributed by atoms with E-state index in [4.69, 9.17) is 43.2 Å². The summed E-state index contributed by atoms with van der Waals surface area (Å²) in [6.07, 6.45) is 6.22. The summed E-state index contributed by atoms with van der Waals surface area (Å²) < 4.78 is 42.4. The lowest BCUT2D eigenvalue weighted by Crippen LogP contribution is -2.70. The highest BCUT2D eigenvalue weighted by Crippen LogP contribution is 2.62. The number of methoxy groups -OCH3 is 2. The first-order valence-electron chi connectivity index (χ1n) is 23.3. The van der Waals surface area contributed by atoms with Gasteiger partial charge < -0.3 is 53.3 Å². The Balaban J connectivity index is 1.53. The van der Waals surface area contributed by atoms with Crippen molar-refractivity contribution in [2.24, 2.45) is 22.9 Å². The third-order valence-electron chi connectivity index (χ3n) is 12.6. The lowest BCUT2D eigenvalue weighted by molar-refractivity contribution is -0.384. The lowest BCUT2D eigenvalue weighted by Gasteiger charge is -2.59. The lowest BCUT2D eigenvalue weighted by atomic mass is 9.55. The molecule has 0 spiro atoms. The van der Waals surface area contributed by atoms with E-state index in [1.165, 1.54) is 31.3 Å². The molecule has 374 valence electrons. The molecule has 3 aliphatic rings. The molecule has 1 saturated carbocycles. The van der Waals surface area contributed by atoms with Gasteiger partial charge in [-0.05, 0) is 98.0 Å². The van der Waals surface area contributed by atoms with Crippen molar-refractivity contribution >= 4 is 29.3 Å². The molecule has 0 unspecified atom stereocenters. The van der Waals surface area contributed by atoms with E-state index in [-0.39, 0.29) is 89.1 Å². The number of hydrogen-bond donors (Lipinski definition) is 4. The third-order valence-corrected chi connectivity index (χ3v) is 12.6. The zero-order valence-corrected chi connectivity index (χ0v) is 39.4. The molecule has 4 N–H and O–H groups in total. The number of unbranched alkanes of at least 4 members (excludes halogenated alkanes) is 2. The molecule has 0 aromatic heterocycles. The monoisotopic (exact) mass is 960 g/mol. The predicted octanol–water partition coefficient (Wildman–Crippen LogP) is 7.52. The Morgan fingerprint density at radius 3 is 2.41 bits per heavy atom. The maximum absolute atomic E-state index is 14.3. The predicted molar refractivity (Wildman–Crippen MR) is 254 cm³/mol. The third kappa shape index (κ3) is 12.5. The fourth-order valence-electron chi connectivity index (χ4n) is 9.67. The zero-order valence-electron chi connectivity index (χ0n) is 39.4. The van der Waals surface area contributed by atoms with Gasteiger partial charge in [-0.3, -0.25) is 20.3 Å². The van der Waals surface area contributed by atoms with Crippen LogP contribution in [-0.4, -0.2) is 122 Å². The van der Waals surface area contributed by atoms with Crippen LogP contribution in [0, 0.1) is 27.9 Å². The Kier molecular flexibility index (Phi) is 19.2. The average molecular weight is 961 g/mol. The molecular formula is C50H64N4O15. The minimum Gasteiger partial charge on any atom is -0.497 e. The first-order chi connectivity index (χ1) is 33.5. The number of nitro benzene ring substituents is 1. The van der Waals surface area contributed by atoms with Crippen LogP contribution in [0.15, 0.2) is 90.1 Å². The number of nitro groups is 1. The van der Waals surface area contributed by atoms with Crippen molar-refractivity contribution < 1.29 is 67.8 Å². The van der Waals surface area contributed by atoms with Crippen LogP contribution in [0.4, 0.5) is 21.0 Å². The smallest absolute Gasteiger partial charge is 0.417 e. The minimum absolute atomic E-state index is 0.00687. The van der Waals surface area contributed by atoms with Crippen molar-refractivity contribution in [3.63, 3.8) is 0 Å². The Labute approximate surface area is 401 Å². The van der Waals surface area contributed by atoms with E-state index < -0.39 is 40.8 Å². The van der Waals surface area contributed by atoms with Crippen molar-refractivity contribution in [1.82, 2.24) is 4.90 Å². The van der Waals surface area contributed by atoms with Crippen LogP contribution in [0.3, 0.4) is 0 Å². The molecule has 6 atom stereocenters. The Bertz CT molecular complexity index is 2270. The molecule has 3 aromatic rings. The summed E-state index contributed by atoms with van der Waals surface area (Å²) in [6, 6.07) is 15.1. The maximum atomic E-state index is 14.3. The van der Waals surface area contributed by atoms with Gasteiger partial charge in [-0.25, -0.2) is 9.59 Å². The number of nitrogens with one attached hydrogen (secondary N) is 1. The fraction of sp³-hybridized carbons (Fsp3) is 0.500. The van der Waals surface area contributed by atoms with E-state index in [0.717, 1.165) is 5.57 Å². The van der Waals surface area contributed by atoms with Gasteiger partial charge in [0.05, 0.1) is 69.5 Å². The van der Waals surface area contributed by atoms with Crippen molar-refractivity contribution in [1.29, 1.82) is 0 Å². The van der Waals surface area contributed by atoms with Crippen LogP contribution in [0.25, 0.3) is 0 Å². The van der Waals surface area contributed by atoms with E-state index in [1.54, 1.807) is 61.5 Å². The number of fused-ring (bicyclic) bond motifs is 2. The summed E-state index contributed by atoms with van der Waals surface area (Å²) in [5, 5.41) is 48.4. The molecule has 0 radical (unpaired) electrons. The first-order valence-corrected chi connectivity index (χ1v) is 23.3. The van der Waals surface area contributed by atoms with E-state index in [9.17, 15) is 35.0 Å². The molecule has 1 heterocycles. The number of rotatable bonds is 26. The molecular weight excluding hydrogens is 897 g/mol. The molecule has 0 saturated heterocycles. The van der Waals surface area contributed by atoms with E-state index >= 15 is 0 Å². The van der Waals surface area contributed by atoms with Gasteiger partial charge in [0.15, 0.2) is 0 Å². The van der Waals surface area contributed by atoms with Crippen molar-refractivity contribution in [3.8, 4) is 23.0 Å². The summed E-state index contributed by atoms with van der Waals surface area (Å²) in [5.74, 6) is -1.51. The highest BCUT2D eigenvalue weighted by atomic mass is 16.7. The number of carbonyl (C=O) groups excluding carboxylic acids is 2. The van der Waals surface area contributed by atoms with Crippen LogP contribution >= 0.6 is 0 Å². The Hall–Kier alpha value is -6.25. The van der Waals surface area contributed by atoms with Crippen LogP contribution in [0.5, 0.6) is 23.0 Å². The quantitative estimate of drug-likeness (QED) is 0.0263. The molecule has 1 fully saturated rings. The number of benzene rings is 3. The first kappa shape index (κ1) is 52.1. The van der Waals surface area contributed by atoms with Gasteiger partial charge in [0.2, 0.25) is 5.79 Å². The van der Waals surface area contributed by atoms with E-state index in [2.05, 4.69) is 18.0 Å². The van der Waals surface area contributed by atoms with Crippen molar-refractivity contribution in [2.45, 2.75) is 76.2 Å². The van der Waals surface area contributed by atoms with Gasteiger partial charge in [-0.1, -0.05) is 30.1 Å². The number of non-ortho nitro benzene ring substituents is 1. The van der Waals surface area contributed by atoms with Gasteiger partial charge >= 0.3 is 12.2 Å². The fourth-order valence-corrected chi connectivity index (χ4v) is 9.67. The Morgan fingerprint density at radius 1 is 0.971 bits per heavy atom. The van der Waals surface area contributed by atoms with Crippen LogP contribution in [0.2, 0.25) is 0 Å². The summed E-state index contributed by atoms with van der Waals surface area (Å²) >= 11 is 0. The van der Waals surface area contributed by atoms with E-state index in [1.807, 2.05) is 0 Å². The Morgan fingerprint density at radius 2 is 1.72 bits per heavy atom. The molecule has 3 aromatic carbocycles. The SMILES string of the molecule is C=CCO[C@@]12Oc3ccc(OC(=O)Nc4ccc(OC)cc4OC)cc3[C@H]3[C@H](CCCCO)[C@@H](CCCCO)C=C(C(=NOCc4ccc([N+](=O)[O-])cc4)C[C@@H]1N(CCOCCO)C(=O)OCC)[C@H]32. The number of aliphatic hydroxyl groups is 3. The standard InChI is InChI=1S/C50H64N4O15/c1-5-25-66-50-45(53(49(59)65-6-2)21-26-64-27-24-57)31-42(52-67-32-33-13-15-35(16-14-33)54(60)61)39-28-34(11-7-9-22-55)38(12-8-10-23-56)46(47(39)50)40-29-37(18-20-43(40)69-50)68-48(58)51-41-19-17-36(62-3)30-44(41)63-4/h5,13-20,28-30,34,38,45-47,55-57H,1,6-12,21-27,31-32H2,2-4H3,(H,51,58)/t34-,38+,45-,46+,47+,50+/m0/s1. The number of ether oxygens (including phenoxy) is 7. The van der Waals surface area contributed by atoms with Gasteiger partial charge in [-0.2, -0.15) is 0 Å². The topological polar surface area (TPSA) is 239 Å². The summed E-state index contributed by atoms with van der Waals surface area (Å²) in [7, 11) is 3.00. The number of oxime groups is 1. The normalized spacial score (nSPS) is 21.7. The number of carbonyl (C=O) groups is 2. The van der Waals surface area contributed by atoms with Crippen molar-refractivity contribution in [2.75, 3.05) is 72.3 Å². The number of anilines is 1. The van der Waals surface area contributed by atoms with Crippen LogP contribution in [-0.2, 0) is 25.7 Å². The van der Waals surface area contributed by atoms with Crippen molar-refractivity contribution in [3.05, 3.63) is 106 Å². The minimum atomic E-state index is -1.63. The molecule has 69 heavy (non-hydrogen) atoms. The highest BCUT2D eigenvalue weighted by molar-refractivity contribution is 6.03. The zero-order chi connectivity index (χ0) is 49.3. The molecule has 19 nitrogen and oxygen atoms in total. The van der Waals surface area contributed by atoms with Gasteiger partial charge in [0, 0.05) is 55.9 Å². The van der Waals surface area contributed by atoms with Crippen LogP contribution < -0.4 is 24.3 Å². The van der Waals surface area contributed by atoms with Crippen LogP contribution in [0.1, 0.15) is 68.9 Å². The highest BCUT2D eigenvalue weighted by Gasteiger charge is 2.65. The number of allylic oxidation sites excluding steroid dienone is 1. The molecule has 1 aliphatic heterocycles. The maximum Gasteiger partial charge on any atom is 0.417 e. The summed E-state index contributed by atoms with van der Waals surface area (Å²) in [5.41, 5.74) is 2.87. The number of amides is 2. The molecule has 2 amide bonds. The second-order valence-corrected chi connectivity index (χ2v) is 16.8.